The van der Waals surface area contributed by atoms with Crippen LogP contribution in [0.3, 0.4) is 0 Å². The highest BCUT2D eigenvalue weighted by Gasteiger charge is 2.08. The Kier molecular flexibility index (Phi) is 4.13. The molecular weight excluding hydrogens is 304 g/mol. The van der Waals surface area contributed by atoms with Crippen molar-refractivity contribution < 1.29 is 0 Å². The Morgan fingerprint density at radius 2 is 2.31 bits per heavy atom. The highest BCUT2D eigenvalue weighted by molar-refractivity contribution is 9.11. The number of hydrogen-bond acceptors (Lipinski definition) is 4. The van der Waals surface area contributed by atoms with Gasteiger partial charge in [0.05, 0.1) is 14.5 Å². The van der Waals surface area contributed by atoms with Gasteiger partial charge in [0, 0.05) is 22.8 Å². The van der Waals surface area contributed by atoms with Crippen LogP contribution in [0.15, 0.2) is 21.3 Å². The van der Waals surface area contributed by atoms with Crippen molar-refractivity contribution in [2.45, 2.75) is 26.4 Å². The highest BCUT2D eigenvalue weighted by Crippen LogP contribution is 2.27. The Morgan fingerprint density at radius 3 is 2.88 bits per heavy atom. The normalized spacial score (nSPS) is 12.9. The number of halogens is 1. The quantitative estimate of drug-likeness (QED) is 0.917. The van der Waals surface area contributed by atoms with Gasteiger partial charge in [0.1, 0.15) is 0 Å². The lowest BCUT2D eigenvalue weighted by Gasteiger charge is -2.10. The van der Waals surface area contributed by atoms with E-state index in [1.165, 1.54) is 8.66 Å². The van der Waals surface area contributed by atoms with Crippen LogP contribution in [0.25, 0.3) is 0 Å². The Hall–Kier alpha value is -0.230. The molecule has 0 saturated heterocycles. The summed E-state index contributed by atoms with van der Waals surface area (Å²) in [5.41, 5.74) is 1.13. The molecule has 2 heterocycles. The molecule has 0 radical (unpaired) electrons. The lowest BCUT2D eigenvalue weighted by atomic mass is 10.2. The summed E-state index contributed by atoms with van der Waals surface area (Å²) in [6.07, 6.45) is 0. The molecule has 16 heavy (non-hydrogen) atoms. The number of aromatic nitrogens is 1. The summed E-state index contributed by atoms with van der Waals surface area (Å²) in [5, 5.41) is 6.71. The number of rotatable bonds is 4. The molecule has 2 rings (SSSR count). The lowest BCUT2D eigenvalue weighted by molar-refractivity contribution is 0.576. The van der Waals surface area contributed by atoms with Crippen molar-refractivity contribution in [1.29, 1.82) is 0 Å². The number of nitrogens with zero attached hydrogens (tertiary/aromatic N) is 1. The molecule has 1 atom stereocenters. The molecule has 1 unspecified atom stereocenters. The summed E-state index contributed by atoms with van der Waals surface area (Å²) in [4.78, 5) is 5.78. The fraction of sp³-hybridized carbons (Fsp3) is 0.364. The van der Waals surface area contributed by atoms with Crippen LogP contribution in [0.1, 0.15) is 28.5 Å². The van der Waals surface area contributed by atoms with Crippen LogP contribution in [-0.4, -0.2) is 4.98 Å². The summed E-state index contributed by atoms with van der Waals surface area (Å²) in [7, 11) is 0. The number of aryl methyl sites for hydroxylation is 1. The summed E-state index contributed by atoms with van der Waals surface area (Å²) in [5.74, 6) is 0. The number of hydrogen-bond donors (Lipinski definition) is 1. The third-order valence-electron chi connectivity index (χ3n) is 2.28. The summed E-state index contributed by atoms with van der Waals surface area (Å²) < 4.78 is 1.18. The van der Waals surface area contributed by atoms with Crippen molar-refractivity contribution in [2.75, 3.05) is 0 Å². The van der Waals surface area contributed by atoms with Crippen LogP contribution in [0.4, 0.5) is 0 Å². The van der Waals surface area contributed by atoms with Crippen LogP contribution in [0, 0.1) is 6.92 Å². The van der Waals surface area contributed by atoms with Crippen molar-refractivity contribution in [1.82, 2.24) is 10.3 Å². The van der Waals surface area contributed by atoms with Gasteiger partial charge in [-0.1, -0.05) is 0 Å². The minimum absolute atomic E-state index is 0.373. The van der Waals surface area contributed by atoms with Crippen LogP contribution in [-0.2, 0) is 6.54 Å². The fourth-order valence-electron chi connectivity index (χ4n) is 1.41. The minimum atomic E-state index is 0.373. The molecule has 2 aromatic heterocycles. The van der Waals surface area contributed by atoms with E-state index in [4.69, 9.17) is 0 Å². The largest absolute Gasteiger partial charge is 0.304 e. The molecule has 86 valence electrons. The van der Waals surface area contributed by atoms with E-state index < -0.39 is 0 Å². The van der Waals surface area contributed by atoms with Gasteiger partial charge in [-0.2, -0.15) is 0 Å². The average molecular weight is 317 g/mol. The van der Waals surface area contributed by atoms with Crippen molar-refractivity contribution >= 4 is 38.6 Å². The molecule has 0 spiro atoms. The number of nitrogens with one attached hydrogen (secondary N) is 1. The Balaban J connectivity index is 1.91. The first-order valence-corrected chi connectivity index (χ1v) is 7.53. The second-order valence-corrected chi connectivity index (χ2v) is 7.16. The second-order valence-electron chi connectivity index (χ2n) is 3.60. The van der Waals surface area contributed by atoms with Crippen molar-refractivity contribution in [2.24, 2.45) is 0 Å². The fourth-order valence-corrected chi connectivity index (χ4v) is 3.47. The molecule has 0 aliphatic heterocycles. The third-order valence-corrected chi connectivity index (χ3v) is 4.91. The maximum atomic E-state index is 4.43. The Labute approximate surface area is 112 Å². The monoisotopic (exact) mass is 316 g/mol. The summed E-state index contributed by atoms with van der Waals surface area (Å²) in [6, 6.07) is 4.61. The molecule has 0 bridgehead atoms. The third kappa shape index (κ3) is 3.13. The van der Waals surface area contributed by atoms with Crippen LogP contribution in [0.2, 0.25) is 0 Å². The van der Waals surface area contributed by atoms with E-state index in [0.29, 0.717) is 6.04 Å². The van der Waals surface area contributed by atoms with Gasteiger partial charge in [-0.05, 0) is 41.9 Å². The number of thiophene rings is 1. The molecule has 0 amide bonds. The second kappa shape index (κ2) is 5.40. The molecule has 2 aromatic rings. The standard InChI is InChI=1S/C11H13BrN2S2/c1-7(10-3-4-11(12)16-10)13-5-9-6-15-8(2)14-9/h3-4,6-7,13H,5H2,1-2H3. The Morgan fingerprint density at radius 1 is 1.50 bits per heavy atom. The van der Waals surface area contributed by atoms with Crippen LogP contribution < -0.4 is 5.32 Å². The SMILES string of the molecule is Cc1nc(CNC(C)c2ccc(Br)s2)cs1. The molecule has 0 saturated carbocycles. The predicted molar refractivity (Wildman–Crippen MR) is 74.1 cm³/mol. The van der Waals surface area contributed by atoms with Crippen LogP contribution >= 0.6 is 38.6 Å². The van der Waals surface area contributed by atoms with E-state index in [1.54, 1.807) is 22.7 Å². The van der Waals surface area contributed by atoms with E-state index >= 15 is 0 Å². The van der Waals surface area contributed by atoms with Gasteiger partial charge in [0.2, 0.25) is 0 Å². The maximum Gasteiger partial charge on any atom is 0.0897 e. The van der Waals surface area contributed by atoms with Crippen molar-refractivity contribution in [3.8, 4) is 0 Å². The molecular formula is C11H13BrN2S2. The van der Waals surface area contributed by atoms with E-state index in [-0.39, 0.29) is 0 Å². The molecule has 0 aromatic carbocycles. The maximum absolute atomic E-state index is 4.43. The summed E-state index contributed by atoms with van der Waals surface area (Å²) in [6.45, 7) is 5.05. The number of thiazole rings is 1. The molecule has 0 fully saturated rings. The predicted octanol–water partition coefficient (Wildman–Crippen LogP) is 4.13. The van der Waals surface area contributed by atoms with Gasteiger partial charge >= 0.3 is 0 Å². The zero-order valence-corrected chi connectivity index (χ0v) is 12.4. The van der Waals surface area contributed by atoms with E-state index in [1.807, 2.05) is 6.92 Å². The van der Waals surface area contributed by atoms with Gasteiger partial charge in [-0.3, -0.25) is 0 Å². The van der Waals surface area contributed by atoms with E-state index in [0.717, 1.165) is 17.2 Å². The molecule has 0 aliphatic carbocycles. The van der Waals surface area contributed by atoms with E-state index in [9.17, 15) is 0 Å². The molecule has 2 nitrogen and oxygen atoms in total. The molecule has 0 aliphatic rings. The lowest BCUT2D eigenvalue weighted by Crippen LogP contribution is -2.17. The summed E-state index contributed by atoms with van der Waals surface area (Å²) >= 11 is 6.95. The van der Waals surface area contributed by atoms with Crippen molar-refractivity contribution in [3.63, 3.8) is 0 Å². The van der Waals surface area contributed by atoms with Gasteiger partial charge in [-0.15, -0.1) is 22.7 Å². The van der Waals surface area contributed by atoms with Gasteiger partial charge < -0.3 is 5.32 Å². The van der Waals surface area contributed by atoms with Crippen LogP contribution in [0.5, 0.6) is 0 Å². The average Bonchev–Trinajstić information content (AvgIpc) is 2.84. The molecule has 1 N–H and O–H groups in total. The zero-order chi connectivity index (χ0) is 11.5. The highest BCUT2D eigenvalue weighted by atomic mass is 79.9. The first kappa shape index (κ1) is 12.2. The van der Waals surface area contributed by atoms with Gasteiger partial charge in [-0.25, -0.2) is 4.98 Å². The Bertz CT molecular complexity index is 464. The van der Waals surface area contributed by atoms with E-state index in [2.05, 4.69) is 50.7 Å². The first-order chi connectivity index (χ1) is 7.65. The van der Waals surface area contributed by atoms with Crippen molar-refractivity contribution in [3.05, 3.63) is 36.9 Å². The smallest absolute Gasteiger partial charge is 0.0897 e. The zero-order valence-electron chi connectivity index (χ0n) is 9.16. The minimum Gasteiger partial charge on any atom is -0.304 e. The topological polar surface area (TPSA) is 24.9 Å². The van der Waals surface area contributed by atoms with Gasteiger partial charge in [0.25, 0.3) is 0 Å². The first-order valence-electron chi connectivity index (χ1n) is 5.05. The van der Waals surface area contributed by atoms with Gasteiger partial charge in [0.15, 0.2) is 0 Å². The molecule has 5 heteroatoms.